The maximum absolute atomic E-state index is 12.3. The van der Waals surface area contributed by atoms with Gasteiger partial charge < -0.3 is 10.0 Å². The maximum atomic E-state index is 12.3. The fourth-order valence-corrected chi connectivity index (χ4v) is 2.41. The Hall–Kier alpha value is -1.35. The number of nitrogens with zero attached hydrogens (tertiary/aromatic N) is 1. The molecule has 1 amide bonds. The van der Waals surface area contributed by atoms with Crippen molar-refractivity contribution in [3.8, 4) is 0 Å². The highest BCUT2D eigenvalue weighted by atomic mass is 16.3. The maximum Gasteiger partial charge on any atom is 0.253 e. The molecule has 1 saturated heterocycles. The van der Waals surface area contributed by atoms with Crippen LogP contribution in [0, 0.1) is 0 Å². The molecule has 3 nitrogen and oxygen atoms in total. The Morgan fingerprint density at radius 1 is 1.26 bits per heavy atom. The van der Waals surface area contributed by atoms with Crippen molar-refractivity contribution in [1.82, 2.24) is 4.90 Å². The van der Waals surface area contributed by atoms with E-state index in [1.807, 2.05) is 24.3 Å². The van der Waals surface area contributed by atoms with Gasteiger partial charge in [-0.15, -0.1) is 0 Å². The molecule has 2 rings (SSSR count). The van der Waals surface area contributed by atoms with Crippen LogP contribution in [0.1, 0.15) is 50.0 Å². The van der Waals surface area contributed by atoms with Gasteiger partial charge >= 0.3 is 0 Å². The molecule has 0 saturated carbocycles. The molecule has 1 aromatic rings. The van der Waals surface area contributed by atoms with Gasteiger partial charge in [0, 0.05) is 18.7 Å². The molecule has 0 spiro atoms. The number of amides is 1. The second kappa shape index (κ2) is 4.64. The number of carbonyl (C=O) groups is 1. The fraction of sp³-hybridized carbons (Fsp3) is 0.562. The van der Waals surface area contributed by atoms with Crippen molar-refractivity contribution in [2.45, 2.75) is 45.1 Å². The second-order valence-electron chi connectivity index (χ2n) is 6.80. The van der Waals surface area contributed by atoms with E-state index in [-0.39, 0.29) is 11.3 Å². The lowest BCUT2D eigenvalue weighted by molar-refractivity contribution is 0.0572. The van der Waals surface area contributed by atoms with E-state index in [0.717, 1.165) is 0 Å². The molecule has 1 aliphatic heterocycles. The lowest BCUT2D eigenvalue weighted by Gasteiger charge is -2.21. The highest BCUT2D eigenvalue weighted by Crippen LogP contribution is 2.25. The van der Waals surface area contributed by atoms with Crippen LogP contribution in [-0.2, 0) is 5.41 Å². The van der Waals surface area contributed by atoms with E-state index in [2.05, 4.69) is 20.8 Å². The third-order valence-corrected chi connectivity index (χ3v) is 3.74. The number of β-amino-alcohol motifs (C(OH)–C–C–N with tert-alkyl or cyclic N) is 1. The van der Waals surface area contributed by atoms with Crippen molar-refractivity contribution in [3.05, 3.63) is 35.4 Å². The minimum Gasteiger partial charge on any atom is -0.388 e. The summed E-state index contributed by atoms with van der Waals surface area (Å²) in [6, 6.07) is 7.80. The van der Waals surface area contributed by atoms with E-state index < -0.39 is 5.60 Å². The van der Waals surface area contributed by atoms with E-state index in [0.29, 0.717) is 25.1 Å². The summed E-state index contributed by atoms with van der Waals surface area (Å²) in [5, 5.41) is 9.92. The van der Waals surface area contributed by atoms with Gasteiger partial charge in [0.1, 0.15) is 0 Å². The minimum atomic E-state index is -0.735. The van der Waals surface area contributed by atoms with Gasteiger partial charge in [0.05, 0.1) is 5.60 Å². The largest absolute Gasteiger partial charge is 0.388 e. The van der Waals surface area contributed by atoms with Crippen molar-refractivity contribution in [2.24, 2.45) is 0 Å². The lowest BCUT2D eigenvalue weighted by atomic mass is 9.86. The van der Waals surface area contributed by atoms with E-state index in [4.69, 9.17) is 0 Å². The first-order valence-corrected chi connectivity index (χ1v) is 6.81. The van der Waals surface area contributed by atoms with Crippen LogP contribution in [0.2, 0.25) is 0 Å². The Morgan fingerprint density at radius 3 is 2.26 bits per heavy atom. The first-order chi connectivity index (χ1) is 8.69. The van der Waals surface area contributed by atoms with Gasteiger partial charge in [0.25, 0.3) is 5.91 Å². The van der Waals surface area contributed by atoms with Crippen LogP contribution < -0.4 is 0 Å². The number of aliphatic hydroxyl groups is 1. The second-order valence-corrected chi connectivity index (χ2v) is 6.80. The molecule has 104 valence electrons. The molecule has 0 bridgehead atoms. The van der Waals surface area contributed by atoms with Crippen LogP contribution in [-0.4, -0.2) is 34.6 Å². The summed E-state index contributed by atoms with van der Waals surface area (Å²) < 4.78 is 0. The van der Waals surface area contributed by atoms with Crippen LogP contribution in [0.5, 0.6) is 0 Å². The van der Waals surface area contributed by atoms with E-state index in [1.165, 1.54) is 5.56 Å². The molecule has 1 fully saturated rings. The molecule has 1 atom stereocenters. The predicted molar refractivity (Wildman–Crippen MR) is 76.3 cm³/mol. The highest BCUT2D eigenvalue weighted by Gasteiger charge is 2.34. The Bertz CT molecular complexity index is 469. The normalized spacial score (nSPS) is 23.7. The zero-order valence-electron chi connectivity index (χ0n) is 12.2. The smallest absolute Gasteiger partial charge is 0.253 e. The molecule has 1 N–H and O–H groups in total. The molecule has 0 aromatic heterocycles. The summed E-state index contributed by atoms with van der Waals surface area (Å²) in [7, 11) is 0. The van der Waals surface area contributed by atoms with E-state index in [1.54, 1.807) is 11.8 Å². The first-order valence-electron chi connectivity index (χ1n) is 6.81. The van der Waals surface area contributed by atoms with Gasteiger partial charge in [-0.2, -0.15) is 0 Å². The number of hydrogen-bond donors (Lipinski definition) is 1. The summed E-state index contributed by atoms with van der Waals surface area (Å²) in [5.74, 6) is 0.0123. The molecule has 0 radical (unpaired) electrons. The molecule has 1 unspecified atom stereocenters. The zero-order chi connectivity index (χ0) is 14.3. The summed E-state index contributed by atoms with van der Waals surface area (Å²) in [6.45, 7) is 9.30. The quantitative estimate of drug-likeness (QED) is 0.844. The Morgan fingerprint density at radius 2 is 1.84 bits per heavy atom. The van der Waals surface area contributed by atoms with Crippen LogP contribution in [0.25, 0.3) is 0 Å². The third-order valence-electron chi connectivity index (χ3n) is 3.74. The standard InChI is InChI=1S/C16H23NO2/c1-15(2,3)13-7-5-12(6-8-13)14(18)17-10-9-16(4,19)11-17/h5-8,19H,9-11H2,1-4H3. The average molecular weight is 261 g/mol. The monoisotopic (exact) mass is 261 g/mol. The molecule has 19 heavy (non-hydrogen) atoms. The highest BCUT2D eigenvalue weighted by molar-refractivity contribution is 5.94. The predicted octanol–water partition coefficient (Wildman–Crippen LogP) is 2.58. The van der Waals surface area contributed by atoms with Gasteiger partial charge in [-0.1, -0.05) is 32.9 Å². The van der Waals surface area contributed by atoms with Gasteiger partial charge in [-0.05, 0) is 36.5 Å². The SMILES string of the molecule is CC1(O)CCN(C(=O)c2ccc(C(C)(C)C)cc2)C1. The number of likely N-dealkylation sites (tertiary alicyclic amines) is 1. The molecule has 1 aromatic carbocycles. The van der Waals surface area contributed by atoms with Crippen LogP contribution in [0.15, 0.2) is 24.3 Å². The first kappa shape index (κ1) is 14.1. The van der Waals surface area contributed by atoms with Crippen LogP contribution in [0.4, 0.5) is 0 Å². The number of benzene rings is 1. The van der Waals surface area contributed by atoms with Gasteiger partial charge in [-0.25, -0.2) is 0 Å². The topological polar surface area (TPSA) is 40.5 Å². The fourth-order valence-electron chi connectivity index (χ4n) is 2.41. The summed E-state index contributed by atoms with van der Waals surface area (Å²) in [5.41, 5.74) is 1.28. The van der Waals surface area contributed by atoms with Gasteiger partial charge in [0.2, 0.25) is 0 Å². The third kappa shape index (κ3) is 3.16. The molecule has 1 heterocycles. The van der Waals surface area contributed by atoms with E-state index >= 15 is 0 Å². The van der Waals surface area contributed by atoms with Crippen molar-refractivity contribution < 1.29 is 9.90 Å². The van der Waals surface area contributed by atoms with Crippen molar-refractivity contribution in [2.75, 3.05) is 13.1 Å². The van der Waals surface area contributed by atoms with Crippen molar-refractivity contribution in [3.63, 3.8) is 0 Å². The van der Waals surface area contributed by atoms with Gasteiger partial charge in [-0.3, -0.25) is 4.79 Å². The minimum absolute atomic E-state index is 0.0123. The van der Waals surface area contributed by atoms with E-state index in [9.17, 15) is 9.90 Å². The Kier molecular flexibility index (Phi) is 3.43. The molecule has 3 heteroatoms. The lowest BCUT2D eigenvalue weighted by Crippen LogP contribution is -2.33. The summed E-state index contributed by atoms with van der Waals surface area (Å²) >= 11 is 0. The summed E-state index contributed by atoms with van der Waals surface area (Å²) in [6.07, 6.45) is 0.652. The Balaban J connectivity index is 2.13. The zero-order valence-corrected chi connectivity index (χ0v) is 12.2. The average Bonchev–Trinajstić information content (AvgIpc) is 2.68. The van der Waals surface area contributed by atoms with Gasteiger partial charge in [0.15, 0.2) is 0 Å². The Labute approximate surface area is 115 Å². The molecular formula is C16H23NO2. The van der Waals surface area contributed by atoms with Crippen LogP contribution >= 0.6 is 0 Å². The van der Waals surface area contributed by atoms with Crippen molar-refractivity contribution in [1.29, 1.82) is 0 Å². The number of hydrogen-bond acceptors (Lipinski definition) is 2. The van der Waals surface area contributed by atoms with Crippen LogP contribution in [0.3, 0.4) is 0 Å². The van der Waals surface area contributed by atoms with Crippen molar-refractivity contribution >= 4 is 5.91 Å². The summed E-state index contributed by atoms with van der Waals surface area (Å²) in [4.78, 5) is 14.0. The molecular weight excluding hydrogens is 238 g/mol. The molecule has 0 aliphatic carbocycles. The molecule has 1 aliphatic rings. The number of rotatable bonds is 1. The number of carbonyl (C=O) groups excluding carboxylic acids is 1.